The third kappa shape index (κ3) is 2.45. The van der Waals surface area contributed by atoms with E-state index < -0.39 is 5.38 Å². The van der Waals surface area contributed by atoms with E-state index in [2.05, 4.69) is 0 Å². The lowest BCUT2D eigenvalue weighted by Gasteiger charge is -2.29. The van der Waals surface area contributed by atoms with Crippen LogP contribution in [0.1, 0.15) is 32.6 Å². The zero-order valence-corrected chi connectivity index (χ0v) is 11.5. The van der Waals surface area contributed by atoms with Crippen molar-refractivity contribution in [1.82, 2.24) is 4.90 Å². The van der Waals surface area contributed by atoms with Gasteiger partial charge in [-0.25, -0.2) is 0 Å². The molecule has 4 heteroatoms. The predicted octanol–water partition coefficient (Wildman–Crippen LogP) is 2.28. The van der Waals surface area contributed by atoms with E-state index in [4.69, 9.17) is 16.3 Å². The van der Waals surface area contributed by atoms with Gasteiger partial charge in [0.15, 0.2) is 0 Å². The first kappa shape index (κ1) is 13.2. The van der Waals surface area contributed by atoms with Gasteiger partial charge in [0.05, 0.1) is 6.61 Å². The van der Waals surface area contributed by atoms with Crippen LogP contribution in [-0.2, 0) is 9.53 Å². The number of halogens is 1. The molecular formula is C13H22ClNO2. The number of ether oxygens (including phenoxy) is 1. The van der Waals surface area contributed by atoms with Gasteiger partial charge < -0.3 is 9.64 Å². The molecule has 1 aliphatic carbocycles. The predicted molar refractivity (Wildman–Crippen MR) is 68.2 cm³/mol. The topological polar surface area (TPSA) is 29.5 Å². The van der Waals surface area contributed by atoms with E-state index in [0.717, 1.165) is 19.7 Å². The quantitative estimate of drug-likeness (QED) is 0.728. The summed E-state index contributed by atoms with van der Waals surface area (Å²) in [5.41, 5.74) is 0.317. The number of amides is 1. The van der Waals surface area contributed by atoms with Gasteiger partial charge >= 0.3 is 0 Å². The van der Waals surface area contributed by atoms with E-state index in [1.807, 2.05) is 4.90 Å². The summed E-state index contributed by atoms with van der Waals surface area (Å²) in [6, 6.07) is 0. The number of carbonyl (C=O) groups is 1. The number of hydrogen-bond acceptors (Lipinski definition) is 2. The Bertz CT molecular complexity index is 287. The third-order valence-corrected chi connectivity index (χ3v) is 4.62. The lowest BCUT2D eigenvalue weighted by atomic mass is 9.77. The summed E-state index contributed by atoms with van der Waals surface area (Å²) in [5, 5.41) is -0.408. The first-order valence-electron chi connectivity index (χ1n) is 6.51. The van der Waals surface area contributed by atoms with Crippen molar-refractivity contribution >= 4 is 17.5 Å². The fourth-order valence-corrected chi connectivity index (χ4v) is 3.67. The first-order valence-corrected chi connectivity index (χ1v) is 6.94. The fourth-order valence-electron chi connectivity index (χ4n) is 3.53. The van der Waals surface area contributed by atoms with E-state index in [1.165, 1.54) is 25.7 Å². The second kappa shape index (κ2) is 5.15. The lowest BCUT2D eigenvalue weighted by Crippen LogP contribution is -2.35. The molecule has 0 radical (unpaired) electrons. The van der Waals surface area contributed by atoms with Crippen LogP contribution in [0.2, 0.25) is 0 Å². The third-order valence-electron chi connectivity index (χ3n) is 4.43. The number of nitrogens with zero attached hydrogens (tertiary/aromatic N) is 1. The molecule has 2 atom stereocenters. The highest BCUT2D eigenvalue weighted by atomic mass is 35.5. The zero-order chi connectivity index (χ0) is 12.5. The molecule has 0 N–H and O–H groups in total. The summed E-state index contributed by atoms with van der Waals surface area (Å²) in [6.07, 6.45) is 5.06. The fraction of sp³-hybridized carbons (Fsp3) is 0.923. The Morgan fingerprint density at radius 3 is 2.71 bits per heavy atom. The zero-order valence-electron chi connectivity index (χ0n) is 10.7. The van der Waals surface area contributed by atoms with Gasteiger partial charge in [0.25, 0.3) is 0 Å². The van der Waals surface area contributed by atoms with Crippen LogP contribution in [0.15, 0.2) is 0 Å². The molecule has 1 heterocycles. The molecule has 1 saturated carbocycles. The second-order valence-electron chi connectivity index (χ2n) is 5.56. The summed E-state index contributed by atoms with van der Waals surface area (Å²) >= 11 is 5.91. The van der Waals surface area contributed by atoms with Crippen molar-refractivity contribution < 1.29 is 9.53 Å². The first-order chi connectivity index (χ1) is 8.09. The van der Waals surface area contributed by atoms with E-state index in [0.29, 0.717) is 11.3 Å². The van der Waals surface area contributed by atoms with Gasteiger partial charge in [0, 0.05) is 26.1 Å². The number of carbonyl (C=O) groups excluding carboxylic acids is 1. The number of methoxy groups -OCH3 is 1. The number of hydrogen-bond donors (Lipinski definition) is 0. The van der Waals surface area contributed by atoms with E-state index in [-0.39, 0.29) is 5.91 Å². The molecule has 98 valence electrons. The van der Waals surface area contributed by atoms with Crippen LogP contribution >= 0.6 is 11.6 Å². The molecule has 3 nitrogen and oxygen atoms in total. The van der Waals surface area contributed by atoms with Crippen molar-refractivity contribution in [3.63, 3.8) is 0 Å². The smallest absolute Gasteiger partial charge is 0.240 e. The molecule has 0 unspecified atom stereocenters. The summed E-state index contributed by atoms with van der Waals surface area (Å²) in [7, 11) is 1.75. The number of alkyl halides is 1. The molecule has 2 fully saturated rings. The van der Waals surface area contributed by atoms with Crippen molar-refractivity contribution in [3.8, 4) is 0 Å². The van der Waals surface area contributed by atoms with Crippen molar-refractivity contribution in [2.45, 2.75) is 38.0 Å². The van der Waals surface area contributed by atoms with Gasteiger partial charge in [0.2, 0.25) is 5.91 Å². The molecule has 2 rings (SSSR count). The Kier molecular flexibility index (Phi) is 3.99. The molecule has 1 spiro atoms. The van der Waals surface area contributed by atoms with Crippen molar-refractivity contribution in [2.24, 2.45) is 11.3 Å². The van der Waals surface area contributed by atoms with Gasteiger partial charge in [-0.15, -0.1) is 11.6 Å². The molecule has 1 saturated heterocycles. The summed E-state index contributed by atoms with van der Waals surface area (Å²) in [6.45, 7) is 4.23. The summed E-state index contributed by atoms with van der Waals surface area (Å²) in [4.78, 5) is 13.9. The van der Waals surface area contributed by atoms with Crippen molar-refractivity contribution in [1.29, 1.82) is 0 Å². The van der Waals surface area contributed by atoms with Gasteiger partial charge in [0.1, 0.15) is 5.38 Å². The number of rotatable bonds is 3. The van der Waals surface area contributed by atoms with E-state index >= 15 is 0 Å². The minimum absolute atomic E-state index is 0.0801. The monoisotopic (exact) mass is 259 g/mol. The minimum atomic E-state index is -0.408. The van der Waals surface area contributed by atoms with Gasteiger partial charge in [-0.2, -0.15) is 0 Å². The van der Waals surface area contributed by atoms with Gasteiger partial charge in [-0.05, 0) is 25.2 Å². The van der Waals surface area contributed by atoms with Crippen molar-refractivity contribution in [3.05, 3.63) is 0 Å². The molecule has 0 bridgehead atoms. The highest BCUT2D eigenvalue weighted by Gasteiger charge is 2.49. The van der Waals surface area contributed by atoms with Gasteiger partial charge in [-0.3, -0.25) is 4.79 Å². The van der Waals surface area contributed by atoms with Crippen molar-refractivity contribution in [2.75, 3.05) is 26.8 Å². The Morgan fingerprint density at radius 2 is 2.18 bits per heavy atom. The van der Waals surface area contributed by atoms with Crippen LogP contribution < -0.4 is 0 Å². The highest BCUT2D eigenvalue weighted by Crippen LogP contribution is 2.49. The Balaban J connectivity index is 2.09. The van der Waals surface area contributed by atoms with Gasteiger partial charge in [-0.1, -0.05) is 12.8 Å². The van der Waals surface area contributed by atoms with Crippen LogP contribution in [-0.4, -0.2) is 43.0 Å². The summed E-state index contributed by atoms with van der Waals surface area (Å²) in [5.74, 6) is 0.575. The van der Waals surface area contributed by atoms with Crippen LogP contribution in [0.3, 0.4) is 0 Å². The molecule has 0 aromatic heterocycles. The maximum atomic E-state index is 12.0. The average molecular weight is 260 g/mol. The standard InChI is InChI=1S/C13H22ClNO2/c1-10(14)12(16)15-7-11(8-17-2)13(9-15)5-3-4-6-13/h10-11H,3-9H2,1-2H3/t10-,11+/m1/s1. The molecule has 2 aliphatic rings. The van der Waals surface area contributed by atoms with Crippen LogP contribution in [0.25, 0.3) is 0 Å². The van der Waals surface area contributed by atoms with E-state index in [9.17, 15) is 4.79 Å². The molecule has 1 amide bonds. The maximum absolute atomic E-state index is 12.0. The molecule has 0 aromatic carbocycles. The lowest BCUT2D eigenvalue weighted by molar-refractivity contribution is -0.129. The average Bonchev–Trinajstić information content (AvgIpc) is 2.88. The van der Waals surface area contributed by atoms with E-state index in [1.54, 1.807) is 14.0 Å². The van der Waals surface area contributed by atoms with Crippen LogP contribution in [0, 0.1) is 11.3 Å². The maximum Gasteiger partial charge on any atom is 0.240 e. The molecule has 1 aliphatic heterocycles. The minimum Gasteiger partial charge on any atom is -0.384 e. The van der Waals surface area contributed by atoms with Crippen LogP contribution in [0.4, 0.5) is 0 Å². The number of likely N-dealkylation sites (tertiary alicyclic amines) is 1. The molecular weight excluding hydrogens is 238 g/mol. The normalized spacial score (nSPS) is 28.9. The molecule has 17 heavy (non-hydrogen) atoms. The Hall–Kier alpha value is -0.280. The highest BCUT2D eigenvalue weighted by molar-refractivity contribution is 6.30. The Morgan fingerprint density at radius 1 is 1.53 bits per heavy atom. The molecule has 0 aromatic rings. The van der Waals surface area contributed by atoms with Crippen LogP contribution in [0.5, 0.6) is 0 Å². The second-order valence-corrected chi connectivity index (χ2v) is 6.21. The largest absolute Gasteiger partial charge is 0.384 e. The Labute approximate surface area is 108 Å². The SMILES string of the molecule is COC[C@@H]1CN(C(=O)[C@@H](C)Cl)CC12CCCC2. The summed E-state index contributed by atoms with van der Waals surface area (Å²) < 4.78 is 5.33.